The summed E-state index contributed by atoms with van der Waals surface area (Å²) >= 11 is 0. The Morgan fingerprint density at radius 1 is 1.15 bits per heavy atom. The van der Waals surface area contributed by atoms with Gasteiger partial charge >= 0.3 is 0 Å². The van der Waals surface area contributed by atoms with Crippen molar-refractivity contribution < 1.29 is 4.79 Å². The molecular weight excluding hydrogens is 369 g/mol. The molecule has 1 aromatic rings. The van der Waals surface area contributed by atoms with E-state index in [-0.39, 0.29) is 42.7 Å². The Morgan fingerprint density at radius 3 is 2.42 bits per heavy atom. The summed E-state index contributed by atoms with van der Waals surface area (Å²) in [7, 11) is 0. The zero-order valence-corrected chi connectivity index (χ0v) is 17.5. The van der Waals surface area contributed by atoms with Gasteiger partial charge in [-0.25, -0.2) is 0 Å². The molecule has 2 aliphatic rings. The van der Waals surface area contributed by atoms with E-state index in [4.69, 9.17) is 5.73 Å². The van der Waals surface area contributed by atoms with Gasteiger partial charge < -0.3 is 11.1 Å². The Balaban J connectivity index is 0.00000169. The number of benzene rings is 1. The number of carbonyl (C=O) groups excluding carboxylic acids is 1. The standard InChI is InChI=1S/C20H31N3O.2ClH/c1-3-23(4-2)13-15-7-5-6-14(10-15)12-22-20(24)18-16-8-9-17(11-16)19(18)21;;/h5-7,10,16-19H,3-4,8-9,11-13,21H2,1-2H3,(H,22,24);2*1H. The van der Waals surface area contributed by atoms with Crippen molar-refractivity contribution in [2.24, 2.45) is 23.5 Å². The molecule has 4 nitrogen and oxygen atoms in total. The molecule has 0 aliphatic heterocycles. The van der Waals surface area contributed by atoms with Crippen molar-refractivity contribution in [1.29, 1.82) is 0 Å². The number of halogens is 2. The van der Waals surface area contributed by atoms with E-state index in [9.17, 15) is 4.79 Å². The van der Waals surface area contributed by atoms with Crippen LogP contribution in [0.3, 0.4) is 0 Å². The SMILES string of the molecule is CCN(CC)Cc1cccc(CNC(=O)C2C3CCC(C3)C2N)c1.Cl.Cl. The zero-order chi connectivity index (χ0) is 17.1. The highest BCUT2D eigenvalue weighted by Gasteiger charge is 2.48. The summed E-state index contributed by atoms with van der Waals surface area (Å²) in [5, 5.41) is 3.13. The number of nitrogens with one attached hydrogen (secondary N) is 1. The lowest BCUT2D eigenvalue weighted by molar-refractivity contribution is -0.127. The predicted octanol–water partition coefficient (Wildman–Crippen LogP) is 3.36. The van der Waals surface area contributed by atoms with Gasteiger partial charge in [0.05, 0.1) is 5.92 Å². The molecule has 0 radical (unpaired) electrons. The molecule has 2 saturated carbocycles. The van der Waals surface area contributed by atoms with E-state index in [1.54, 1.807) is 0 Å². The lowest BCUT2D eigenvalue weighted by Crippen LogP contribution is -2.45. The maximum absolute atomic E-state index is 12.6. The van der Waals surface area contributed by atoms with Gasteiger partial charge in [-0.1, -0.05) is 38.1 Å². The molecule has 2 bridgehead atoms. The molecule has 1 amide bonds. The van der Waals surface area contributed by atoms with Crippen LogP contribution < -0.4 is 11.1 Å². The molecular formula is C20H33Cl2N3O. The van der Waals surface area contributed by atoms with Crippen LogP contribution in [0.2, 0.25) is 0 Å². The second-order valence-corrected chi connectivity index (χ2v) is 7.44. The van der Waals surface area contributed by atoms with Crippen molar-refractivity contribution in [3.05, 3.63) is 35.4 Å². The predicted molar refractivity (Wildman–Crippen MR) is 112 cm³/mol. The molecule has 3 N–H and O–H groups in total. The molecule has 2 fully saturated rings. The number of rotatable bonds is 7. The largest absolute Gasteiger partial charge is 0.352 e. The van der Waals surface area contributed by atoms with Gasteiger partial charge in [-0.2, -0.15) is 0 Å². The molecule has 0 heterocycles. The van der Waals surface area contributed by atoms with Crippen molar-refractivity contribution in [3.63, 3.8) is 0 Å². The topological polar surface area (TPSA) is 58.4 Å². The third-order valence-corrected chi connectivity index (χ3v) is 6.04. The van der Waals surface area contributed by atoms with Crippen LogP contribution in [0.5, 0.6) is 0 Å². The van der Waals surface area contributed by atoms with Crippen molar-refractivity contribution in [2.75, 3.05) is 13.1 Å². The number of nitrogens with zero attached hydrogens (tertiary/aromatic N) is 1. The summed E-state index contributed by atoms with van der Waals surface area (Å²) in [5.41, 5.74) is 8.76. The van der Waals surface area contributed by atoms with Gasteiger partial charge in [0, 0.05) is 19.1 Å². The van der Waals surface area contributed by atoms with Crippen LogP contribution in [-0.2, 0) is 17.9 Å². The number of amides is 1. The highest BCUT2D eigenvalue weighted by atomic mass is 35.5. The molecule has 4 atom stereocenters. The highest BCUT2D eigenvalue weighted by Crippen LogP contribution is 2.47. The molecule has 0 saturated heterocycles. The first-order valence-corrected chi connectivity index (χ1v) is 9.45. The van der Waals surface area contributed by atoms with Gasteiger partial charge in [-0.3, -0.25) is 9.69 Å². The first kappa shape index (κ1) is 23.2. The lowest BCUT2D eigenvalue weighted by atomic mass is 9.84. The van der Waals surface area contributed by atoms with Crippen molar-refractivity contribution in [3.8, 4) is 0 Å². The normalized spacial score (nSPS) is 26.3. The molecule has 0 aromatic heterocycles. The highest BCUT2D eigenvalue weighted by molar-refractivity contribution is 5.85. The second-order valence-electron chi connectivity index (χ2n) is 7.44. The fourth-order valence-corrected chi connectivity index (χ4v) is 4.58. The van der Waals surface area contributed by atoms with Crippen LogP contribution in [0.15, 0.2) is 24.3 Å². The third-order valence-electron chi connectivity index (χ3n) is 6.04. The summed E-state index contributed by atoms with van der Waals surface area (Å²) < 4.78 is 0. The molecule has 1 aromatic carbocycles. The summed E-state index contributed by atoms with van der Waals surface area (Å²) in [4.78, 5) is 15.0. The average Bonchev–Trinajstić information content (AvgIpc) is 3.19. The average molecular weight is 402 g/mol. The Labute approximate surface area is 170 Å². The maximum Gasteiger partial charge on any atom is 0.225 e. The Kier molecular flexibility index (Phi) is 9.39. The first-order valence-electron chi connectivity index (χ1n) is 9.45. The van der Waals surface area contributed by atoms with Crippen molar-refractivity contribution in [1.82, 2.24) is 10.2 Å². The number of hydrogen-bond donors (Lipinski definition) is 2. The van der Waals surface area contributed by atoms with Crippen molar-refractivity contribution in [2.45, 2.75) is 52.2 Å². The van der Waals surface area contributed by atoms with Gasteiger partial charge in [0.15, 0.2) is 0 Å². The fourth-order valence-electron chi connectivity index (χ4n) is 4.58. The summed E-state index contributed by atoms with van der Waals surface area (Å²) in [6, 6.07) is 8.61. The number of carbonyl (C=O) groups is 1. The molecule has 2 aliphatic carbocycles. The van der Waals surface area contributed by atoms with E-state index in [2.05, 4.69) is 48.3 Å². The monoisotopic (exact) mass is 401 g/mol. The van der Waals surface area contributed by atoms with Gasteiger partial charge in [0.1, 0.15) is 0 Å². The Bertz CT molecular complexity index is 578. The maximum atomic E-state index is 12.6. The zero-order valence-electron chi connectivity index (χ0n) is 15.8. The van der Waals surface area contributed by atoms with Gasteiger partial charge in [-0.05, 0) is 55.3 Å². The van der Waals surface area contributed by atoms with Gasteiger partial charge in [0.25, 0.3) is 0 Å². The van der Waals surface area contributed by atoms with Crippen LogP contribution >= 0.6 is 24.8 Å². The van der Waals surface area contributed by atoms with Gasteiger partial charge in [0.2, 0.25) is 5.91 Å². The quantitative estimate of drug-likeness (QED) is 0.735. The minimum atomic E-state index is 0. The fraction of sp³-hybridized carbons (Fsp3) is 0.650. The van der Waals surface area contributed by atoms with E-state index >= 15 is 0 Å². The van der Waals surface area contributed by atoms with E-state index in [0.717, 1.165) is 26.1 Å². The van der Waals surface area contributed by atoms with Crippen LogP contribution in [-0.4, -0.2) is 29.9 Å². The lowest BCUT2D eigenvalue weighted by Gasteiger charge is -2.27. The minimum Gasteiger partial charge on any atom is -0.352 e. The van der Waals surface area contributed by atoms with Crippen LogP contribution in [0.1, 0.15) is 44.2 Å². The second kappa shape index (κ2) is 10.5. The molecule has 3 rings (SSSR count). The number of hydrogen-bond acceptors (Lipinski definition) is 3. The number of nitrogens with two attached hydrogens (primary N) is 1. The molecule has 6 heteroatoms. The first-order chi connectivity index (χ1) is 11.6. The van der Waals surface area contributed by atoms with E-state index < -0.39 is 0 Å². The summed E-state index contributed by atoms with van der Waals surface area (Å²) in [5.74, 6) is 1.27. The minimum absolute atomic E-state index is 0. The van der Waals surface area contributed by atoms with Crippen molar-refractivity contribution >= 4 is 30.7 Å². The molecule has 0 spiro atoms. The third kappa shape index (κ3) is 5.13. The number of fused-ring (bicyclic) bond motifs is 2. The van der Waals surface area contributed by atoms with Crippen LogP contribution in [0.25, 0.3) is 0 Å². The molecule has 26 heavy (non-hydrogen) atoms. The van der Waals surface area contributed by atoms with Gasteiger partial charge in [-0.15, -0.1) is 24.8 Å². The summed E-state index contributed by atoms with van der Waals surface area (Å²) in [6.07, 6.45) is 3.54. The smallest absolute Gasteiger partial charge is 0.225 e. The Hall–Kier alpha value is -0.810. The van der Waals surface area contributed by atoms with E-state index in [1.807, 2.05) is 0 Å². The molecule has 148 valence electrons. The Morgan fingerprint density at radius 2 is 1.81 bits per heavy atom. The van der Waals surface area contributed by atoms with E-state index in [1.165, 1.54) is 24.0 Å². The molecule has 4 unspecified atom stereocenters. The van der Waals surface area contributed by atoms with Crippen LogP contribution in [0, 0.1) is 17.8 Å². The van der Waals surface area contributed by atoms with Crippen LogP contribution in [0.4, 0.5) is 0 Å². The van der Waals surface area contributed by atoms with E-state index in [0.29, 0.717) is 18.4 Å². The summed E-state index contributed by atoms with van der Waals surface area (Å²) in [6.45, 7) is 8.05.